The van der Waals surface area contributed by atoms with Gasteiger partial charge in [-0.3, -0.25) is 9.59 Å². The Morgan fingerprint density at radius 1 is 1.16 bits per heavy atom. The predicted octanol–water partition coefficient (Wildman–Crippen LogP) is 2.32. The number of pyridine rings is 1. The van der Waals surface area contributed by atoms with Crippen LogP contribution in [0.1, 0.15) is 58.6 Å². The average molecular weight is 447 g/mol. The van der Waals surface area contributed by atoms with Gasteiger partial charge < -0.3 is 24.8 Å². The predicted molar refractivity (Wildman–Crippen MR) is 124 cm³/mol. The summed E-state index contributed by atoms with van der Waals surface area (Å²) in [5.41, 5.74) is 1.04. The second-order valence-electron chi connectivity index (χ2n) is 9.80. The van der Waals surface area contributed by atoms with Crippen LogP contribution in [0, 0.1) is 11.8 Å². The molecule has 1 saturated heterocycles. The Kier molecular flexibility index (Phi) is 8.34. The second kappa shape index (κ2) is 11.0. The smallest absolute Gasteiger partial charge is 0.318 e. The van der Waals surface area contributed by atoms with Gasteiger partial charge in [-0.05, 0) is 51.0 Å². The summed E-state index contributed by atoms with van der Waals surface area (Å²) in [6.45, 7) is 11.0. The number of ether oxygens (including phenoxy) is 1. The molecule has 3 rings (SSSR count). The van der Waals surface area contributed by atoms with E-state index in [0.29, 0.717) is 39.2 Å². The fraction of sp³-hybridized carbons (Fsp3) is 0.708. The molecule has 8 nitrogen and oxygen atoms in total. The summed E-state index contributed by atoms with van der Waals surface area (Å²) in [6.07, 6.45) is 2.48. The Labute approximate surface area is 190 Å². The fourth-order valence-electron chi connectivity index (χ4n) is 4.73. The number of hydrogen-bond acceptors (Lipinski definition) is 4. The first-order chi connectivity index (χ1) is 15.2. The first-order valence-corrected chi connectivity index (χ1v) is 11.9. The van der Waals surface area contributed by atoms with Crippen molar-refractivity contribution in [1.29, 1.82) is 0 Å². The van der Waals surface area contributed by atoms with Crippen LogP contribution in [0.3, 0.4) is 0 Å². The number of piperidine rings is 1. The van der Waals surface area contributed by atoms with Crippen LogP contribution < -0.4 is 16.2 Å². The molecular formula is C24H38N4O4. The maximum absolute atomic E-state index is 13.1. The Balaban J connectivity index is 1.58. The van der Waals surface area contributed by atoms with Crippen molar-refractivity contribution in [2.75, 3.05) is 26.2 Å². The van der Waals surface area contributed by atoms with Crippen molar-refractivity contribution in [1.82, 2.24) is 20.1 Å². The quantitative estimate of drug-likeness (QED) is 0.570. The van der Waals surface area contributed by atoms with Crippen LogP contribution >= 0.6 is 0 Å². The van der Waals surface area contributed by atoms with Crippen LogP contribution in [0.2, 0.25) is 0 Å². The highest BCUT2D eigenvalue weighted by Gasteiger charge is 2.37. The molecule has 3 atom stereocenters. The molecule has 8 heteroatoms. The van der Waals surface area contributed by atoms with E-state index in [-0.39, 0.29) is 41.4 Å². The summed E-state index contributed by atoms with van der Waals surface area (Å²) < 4.78 is 7.37. The summed E-state index contributed by atoms with van der Waals surface area (Å²) >= 11 is 0. The zero-order valence-corrected chi connectivity index (χ0v) is 19.8. The van der Waals surface area contributed by atoms with Crippen molar-refractivity contribution in [3.05, 3.63) is 34.2 Å². The van der Waals surface area contributed by atoms with Crippen LogP contribution in [0.25, 0.3) is 0 Å². The Bertz CT molecular complexity index is 851. The van der Waals surface area contributed by atoms with Gasteiger partial charge in [0.25, 0.3) is 5.56 Å². The highest BCUT2D eigenvalue weighted by atomic mass is 16.5. The van der Waals surface area contributed by atoms with E-state index in [2.05, 4.69) is 10.6 Å². The van der Waals surface area contributed by atoms with E-state index < -0.39 is 6.04 Å². The summed E-state index contributed by atoms with van der Waals surface area (Å²) in [5, 5.41) is 5.92. The molecule has 0 aliphatic carbocycles. The third kappa shape index (κ3) is 6.34. The lowest BCUT2D eigenvalue weighted by molar-refractivity contribution is -0.123. The third-order valence-electron chi connectivity index (χ3n) is 6.16. The molecule has 2 N–H and O–H groups in total. The van der Waals surface area contributed by atoms with E-state index in [9.17, 15) is 14.4 Å². The third-order valence-corrected chi connectivity index (χ3v) is 6.16. The van der Waals surface area contributed by atoms with Crippen molar-refractivity contribution in [3.8, 4) is 0 Å². The van der Waals surface area contributed by atoms with Crippen LogP contribution in [-0.2, 0) is 16.1 Å². The standard InChI is InChI=1S/C24H38N4O4/c1-16(2)11-20(23(30)25-9-6-10-32-17(3)4)26-24(31)27-13-18-12-19(15-27)21-7-5-8-22(29)28(21)14-18/h5,7-8,16-20H,6,9-15H2,1-4H3,(H,25,30)(H,26,31)/t18-,19+,20-/m0/s1. The molecule has 0 unspecified atom stereocenters. The molecular weight excluding hydrogens is 408 g/mol. The normalized spacial score (nSPS) is 20.8. The SMILES string of the molecule is CC(C)C[C@H](NC(=O)N1C[C@@H]2C[C@H](C1)c1cccc(=O)n1C2)C(=O)NCCCOC(C)C. The highest BCUT2D eigenvalue weighted by molar-refractivity contribution is 5.87. The lowest BCUT2D eigenvalue weighted by Crippen LogP contribution is -2.56. The van der Waals surface area contributed by atoms with E-state index in [1.165, 1.54) is 0 Å². The van der Waals surface area contributed by atoms with Gasteiger partial charge in [-0.25, -0.2) is 4.79 Å². The number of likely N-dealkylation sites (tertiary alicyclic amines) is 1. The molecule has 3 heterocycles. The molecule has 0 radical (unpaired) electrons. The van der Waals surface area contributed by atoms with Gasteiger partial charge in [-0.2, -0.15) is 0 Å². The number of aromatic nitrogens is 1. The first-order valence-electron chi connectivity index (χ1n) is 11.9. The van der Waals surface area contributed by atoms with Gasteiger partial charge >= 0.3 is 6.03 Å². The molecule has 3 amide bonds. The molecule has 32 heavy (non-hydrogen) atoms. The summed E-state index contributed by atoms with van der Waals surface area (Å²) in [7, 11) is 0. The molecule has 0 aromatic carbocycles. The van der Waals surface area contributed by atoms with Crippen molar-refractivity contribution >= 4 is 11.9 Å². The maximum atomic E-state index is 13.1. The number of hydrogen-bond donors (Lipinski definition) is 2. The van der Waals surface area contributed by atoms with Gasteiger partial charge in [-0.15, -0.1) is 0 Å². The minimum Gasteiger partial charge on any atom is -0.379 e. The van der Waals surface area contributed by atoms with Crippen LogP contribution in [0.15, 0.2) is 23.0 Å². The topological polar surface area (TPSA) is 92.7 Å². The summed E-state index contributed by atoms with van der Waals surface area (Å²) in [5.74, 6) is 0.534. The lowest BCUT2D eigenvalue weighted by atomic mass is 9.83. The van der Waals surface area contributed by atoms with Gasteiger partial charge in [0.15, 0.2) is 0 Å². The minimum absolute atomic E-state index is 0.0302. The second-order valence-corrected chi connectivity index (χ2v) is 9.80. The summed E-state index contributed by atoms with van der Waals surface area (Å²) in [6, 6.07) is 4.62. The van der Waals surface area contributed by atoms with Crippen molar-refractivity contribution < 1.29 is 14.3 Å². The molecule has 1 fully saturated rings. The van der Waals surface area contributed by atoms with E-state index in [1.54, 1.807) is 12.1 Å². The minimum atomic E-state index is -0.565. The fourth-order valence-corrected chi connectivity index (χ4v) is 4.73. The molecule has 1 aromatic heterocycles. The Hall–Kier alpha value is -2.35. The zero-order chi connectivity index (χ0) is 23.3. The van der Waals surface area contributed by atoms with Gasteiger partial charge in [0.2, 0.25) is 5.91 Å². The van der Waals surface area contributed by atoms with Gasteiger partial charge in [-0.1, -0.05) is 19.9 Å². The monoisotopic (exact) mass is 446 g/mol. The van der Waals surface area contributed by atoms with Crippen molar-refractivity contribution in [2.24, 2.45) is 11.8 Å². The molecule has 178 valence electrons. The van der Waals surface area contributed by atoms with Crippen molar-refractivity contribution in [3.63, 3.8) is 0 Å². The highest BCUT2D eigenvalue weighted by Crippen LogP contribution is 2.34. The number of rotatable bonds is 9. The Morgan fingerprint density at radius 3 is 2.66 bits per heavy atom. The van der Waals surface area contributed by atoms with Crippen LogP contribution in [0.5, 0.6) is 0 Å². The lowest BCUT2D eigenvalue weighted by Gasteiger charge is -2.43. The van der Waals surface area contributed by atoms with E-state index in [1.807, 2.05) is 43.2 Å². The number of nitrogens with zero attached hydrogens (tertiary/aromatic N) is 2. The number of fused-ring (bicyclic) bond motifs is 4. The van der Waals surface area contributed by atoms with E-state index >= 15 is 0 Å². The summed E-state index contributed by atoms with van der Waals surface area (Å²) in [4.78, 5) is 39.9. The van der Waals surface area contributed by atoms with Crippen LogP contribution in [-0.4, -0.2) is 59.8 Å². The zero-order valence-electron chi connectivity index (χ0n) is 19.8. The van der Waals surface area contributed by atoms with Gasteiger partial charge in [0.1, 0.15) is 6.04 Å². The van der Waals surface area contributed by atoms with Crippen molar-refractivity contribution in [2.45, 2.75) is 71.6 Å². The molecule has 0 spiro atoms. The number of amides is 3. The number of carbonyl (C=O) groups excluding carboxylic acids is 2. The molecule has 0 saturated carbocycles. The van der Waals surface area contributed by atoms with Gasteiger partial charge in [0.05, 0.1) is 6.10 Å². The van der Waals surface area contributed by atoms with Crippen LogP contribution in [0.4, 0.5) is 4.79 Å². The number of nitrogens with one attached hydrogen (secondary N) is 2. The number of carbonyl (C=O) groups is 2. The number of urea groups is 1. The molecule has 1 aromatic rings. The first kappa shape index (κ1) is 24.3. The van der Waals surface area contributed by atoms with E-state index in [0.717, 1.165) is 18.5 Å². The van der Waals surface area contributed by atoms with Gasteiger partial charge in [0, 0.05) is 50.5 Å². The molecule has 2 aliphatic heterocycles. The van der Waals surface area contributed by atoms with E-state index in [4.69, 9.17) is 4.74 Å². The largest absolute Gasteiger partial charge is 0.379 e. The molecule has 2 bridgehead atoms. The maximum Gasteiger partial charge on any atom is 0.318 e. The average Bonchev–Trinajstić information content (AvgIpc) is 2.73. The molecule has 2 aliphatic rings. The Morgan fingerprint density at radius 2 is 1.94 bits per heavy atom.